The molecule has 1 spiro atoms. The summed E-state index contributed by atoms with van der Waals surface area (Å²) in [6.07, 6.45) is 12.7. The Labute approximate surface area is 124 Å². The Balaban J connectivity index is 1.54. The highest BCUT2D eigenvalue weighted by molar-refractivity contribution is 4.94. The van der Waals surface area contributed by atoms with Crippen molar-refractivity contribution in [3.8, 4) is 0 Å². The van der Waals surface area contributed by atoms with E-state index in [2.05, 4.69) is 13.8 Å². The van der Waals surface area contributed by atoms with Crippen molar-refractivity contribution in [1.29, 1.82) is 0 Å². The minimum absolute atomic E-state index is 0.0753. The van der Waals surface area contributed by atoms with Crippen molar-refractivity contribution in [3.63, 3.8) is 0 Å². The molecule has 2 aliphatic carbocycles. The third-order valence-electron chi connectivity index (χ3n) is 6.34. The first-order valence-electron chi connectivity index (χ1n) is 8.94. The van der Waals surface area contributed by atoms with Gasteiger partial charge in [-0.1, -0.05) is 26.7 Å². The Morgan fingerprint density at radius 3 is 2.55 bits per heavy atom. The minimum atomic E-state index is -0.0753. The van der Waals surface area contributed by atoms with Gasteiger partial charge in [-0.3, -0.25) is 0 Å². The van der Waals surface area contributed by atoms with E-state index in [1.165, 1.54) is 51.4 Å². The SMILES string of the molecule is CC(C)C1CCC(O)C(CC2CCC3(CCCC3)O2)C1. The van der Waals surface area contributed by atoms with E-state index in [1.54, 1.807) is 0 Å². The van der Waals surface area contributed by atoms with Crippen LogP contribution in [0, 0.1) is 17.8 Å². The quantitative estimate of drug-likeness (QED) is 0.835. The zero-order valence-electron chi connectivity index (χ0n) is 13.3. The van der Waals surface area contributed by atoms with E-state index in [0.29, 0.717) is 12.0 Å². The first kappa shape index (κ1) is 14.8. The molecule has 2 saturated carbocycles. The molecule has 116 valence electrons. The second-order valence-corrected chi connectivity index (χ2v) is 8.05. The number of hydrogen-bond acceptors (Lipinski definition) is 2. The summed E-state index contributed by atoms with van der Waals surface area (Å²) >= 11 is 0. The highest BCUT2D eigenvalue weighted by Crippen LogP contribution is 2.46. The van der Waals surface area contributed by atoms with Crippen LogP contribution < -0.4 is 0 Å². The lowest BCUT2D eigenvalue weighted by Crippen LogP contribution is -2.34. The molecule has 0 bridgehead atoms. The van der Waals surface area contributed by atoms with E-state index >= 15 is 0 Å². The van der Waals surface area contributed by atoms with Gasteiger partial charge in [0.05, 0.1) is 17.8 Å². The summed E-state index contributed by atoms with van der Waals surface area (Å²) in [7, 11) is 0. The molecule has 1 saturated heterocycles. The van der Waals surface area contributed by atoms with Crippen molar-refractivity contribution in [1.82, 2.24) is 0 Å². The molecule has 2 nitrogen and oxygen atoms in total. The summed E-state index contributed by atoms with van der Waals surface area (Å²) in [5.41, 5.74) is 0.252. The average Bonchev–Trinajstić information content (AvgIpc) is 3.03. The molecule has 3 rings (SSSR count). The summed E-state index contributed by atoms with van der Waals surface area (Å²) in [6, 6.07) is 0. The molecule has 3 fully saturated rings. The normalized spacial score (nSPS) is 40.8. The van der Waals surface area contributed by atoms with Crippen molar-refractivity contribution < 1.29 is 9.84 Å². The zero-order chi connectivity index (χ0) is 14.2. The van der Waals surface area contributed by atoms with Gasteiger partial charge in [0.2, 0.25) is 0 Å². The van der Waals surface area contributed by atoms with E-state index in [9.17, 15) is 5.11 Å². The summed E-state index contributed by atoms with van der Waals surface area (Å²) in [5.74, 6) is 2.05. The van der Waals surface area contributed by atoms with E-state index in [0.717, 1.165) is 24.7 Å². The summed E-state index contributed by atoms with van der Waals surface area (Å²) in [5, 5.41) is 10.3. The smallest absolute Gasteiger partial charge is 0.0687 e. The average molecular weight is 280 g/mol. The van der Waals surface area contributed by atoms with Crippen molar-refractivity contribution in [2.45, 2.75) is 95.9 Å². The van der Waals surface area contributed by atoms with Crippen LogP contribution >= 0.6 is 0 Å². The van der Waals surface area contributed by atoms with Crippen molar-refractivity contribution >= 4 is 0 Å². The number of hydrogen-bond donors (Lipinski definition) is 1. The second kappa shape index (κ2) is 5.96. The van der Waals surface area contributed by atoms with Crippen LogP contribution in [0.25, 0.3) is 0 Å². The van der Waals surface area contributed by atoms with E-state index < -0.39 is 0 Å². The molecular formula is C18H32O2. The van der Waals surface area contributed by atoms with Crippen LogP contribution in [0.1, 0.15) is 78.1 Å². The zero-order valence-corrected chi connectivity index (χ0v) is 13.3. The summed E-state index contributed by atoms with van der Waals surface area (Å²) in [6.45, 7) is 4.66. The molecule has 0 amide bonds. The molecule has 0 aromatic carbocycles. The van der Waals surface area contributed by atoms with Crippen LogP contribution in [0.2, 0.25) is 0 Å². The first-order valence-corrected chi connectivity index (χ1v) is 8.94. The fourth-order valence-electron chi connectivity index (χ4n) is 4.93. The van der Waals surface area contributed by atoms with Crippen LogP contribution in [-0.4, -0.2) is 22.9 Å². The topological polar surface area (TPSA) is 29.5 Å². The molecule has 4 unspecified atom stereocenters. The van der Waals surface area contributed by atoms with Crippen LogP contribution in [0.15, 0.2) is 0 Å². The standard InChI is InChI=1S/C18H32O2/c1-13(2)14-5-6-17(19)15(11-14)12-16-7-10-18(20-16)8-3-4-9-18/h13-17,19H,3-12H2,1-2H3. The van der Waals surface area contributed by atoms with Crippen molar-refractivity contribution in [2.24, 2.45) is 17.8 Å². The Kier molecular flexibility index (Phi) is 4.42. The fraction of sp³-hybridized carbons (Fsp3) is 1.00. The van der Waals surface area contributed by atoms with Crippen LogP contribution in [0.3, 0.4) is 0 Å². The molecule has 20 heavy (non-hydrogen) atoms. The van der Waals surface area contributed by atoms with Gasteiger partial charge >= 0.3 is 0 Å². The molecule has 2 heteroatoms. The lowest BCUT2D eigenvalue weighted by atomic mass is 9.73. The highest BCUT2D eigenvalue weighted by atomic mass is 16.5. The first-order chi connectivity index (χ1) is 9.58. The molecule has 0 aromatic heterocycles. The van der Waals surface area contributed by atoms with Gasteiger partial charge in [-0.2, -0.15) is 0 Å². The number of rotatable bonds is 3. The predicted octanol–water partition coefficient (Wildman–Crippen LogP) is 4.30. The molecule has 1 heterocycles. The molecule has 3 aliphatic rings. The maximum Gasteiger partial charge on any atom is 0.0687 e. The second-order valence-electron chi connectivity index (χ2n) is 8.05. The number of ether oxygens (including phenoxy) is 1. The largest absolute Gasteiger partial charge is 0.393 e. The van der Waals surface area contributed by atoms with Crippen LogP contribution in [-0.2, 0) is 4.74 Å². The predicted molar refractivity (Wildman–Crippen MR) is 81.6 cm³/mol. The number of aliphatic hydroxyl groups is 1. The van der Waals surface area contributed by atoms with Crippen LogP contribution in [0.4, 0.5) is 0 Å². The lowest BCUT2D eigenvalue weighted by Gasteiger charge is -2.36. The third-order valence-corrected chi connectivity index (χ3v) is 6.34. The maximum atomic E-state index is 10.3. The van der Waals surface area contributed by atoms with E-state index in [-0.39, 0.29) is 11.7 Å². The van der Waals surface area contributed by atoms with Crippen molar-refractivity contribution in [2.75, 3.05) is 0 Å². The van der Waals surface area contributed by atoms with E-state index in [1.807, 2.05) is 0 Å². The van der Waals surface area contributed by atoms with E-state index in [4.69, 9.17) is 4.74 Å². The van der Waals surface area contributed by atoms with Crippen molar-refractivity contribution in [3.05, 3.63) is 0 Å². The fourth-order valence-corrected chi connectivity index (χ4v) is 4.93. The molecule has 1 aliphatic heterocycles. The van der Waals surface area contributed by atoms with Crippen LogP contribution in [0.5, 0.6) is 0 Å². The van der Waals surface area contributed by atoms with Gasteiger partial charge in [0.25, 0.3) is 0 Å². The molecule has 1 N–H and O–H groups in total. The summed E-state index contributed by atoms with van der Waals surface area (Å²) < 4.78 is 6.45. The van der Waals surface area contributed by atoms with Gasteiger partial charge in [-0.05, 0) is 69.1 Å². The Morgan fingerprint density at radius 2 is 1.85 bits per heavy atom. The maximum absolute atomic E-state index is 10.3. The monoisotopic (exact) mass is 280 g/mol. The van der Waals surface area contributed by atoms with Gasteiger partial charge < -0.3 is 9.84 Å². The molecule has 0 aromatic rings. The molecule has 4 atom stereocenters. The van der Waals surface area contributed by atoms with Gasteiger partial charge in [0, 0.05) is 0 Å². The number of aliphatic hydroxyl groups excluding tert-OH is 1. The Hall–Kier alpha value is -0.0800. The van der Waals surface area contributed by atoms with Gasteiger partial charge in [-0.25, -0.2) is 0 Å². The summed E-state index contributed by atoms with van der Waals surface area (Å²) in [4.78, 5) is 0. The minimum Gasteiger partial charge on any atom is -0.393 e. The van der Waals surface area contributed by atoms with Gasteiger partial charge in [0.1, 0.15) is 0 Å². The van der Waals surface area contributed by atoms with Gasteiger partial charge in [0.15, 0.2) is 0 Å². The van der Waals surface area contributed by atoms with Gasteiger partial charge in [-0.15, -0.1) is 0 Å². The highest BCUT2D eigenvalue weighted by Gasteiger charge is 2.43. The Morgan fingerprint density at radius 1 is 1.10 bits per heavy atom. The molecular weight excluding hydrogens is 248 g/mol. The molecule has 0 radical (unpaired) electrons. The Bertz CT molecular complexity index is 319. The third kappa shape index (κ3) is 3.06. The lowest BCUT2D eigenvalue weighted by molar-refractivity contribution is -0.0607.